The standard InChI is InChI=1S/C16H15N3/c17-19-13-7-5-11-16(19)18-12-6-4-10-15(18)14-8-2-1-3-9-14/h1-13H,17H2/q+2. The lowest BCUT2D eigenvalue weighted by Crippen LogP contribution is -2.55. The zero-order chi connectivity index (χ0) is 13.1. The first-order valence-corrected chi connectivity index (χ1v) is 6.18. The highest BCUT2D eigenvalue weighted by molar-refractivity contribution is 5.55. The van der Waals surface area contributed by atoms with Gasteiger partial charge in [0.25, 0.3) is 0 Å². The highest BCUT2D eigenvalue weighted by Crippen LogP contribution is 2.14. The van der Waals surface area contributed by atoms with Crippen molar-refractivity contribution in [2.75, 3.05) is 5.84 Å². The van der Waals surface area contributed by atoms with Gasteiger partial charge in [-0.1, -0.05) is 18.2 Å². The van der Waals surface area contributed by atoms with Gasteiger partial charge in [-0.05, 0) is 28.9 Å². The third kappa shape index (κ3) is 2.18. The minimum Gasteiger partial charge on any atom is -0.200 e. The van der Waals surface area contributed by atoms with Crippen LogP contribution in [-0.4, -0.2) is 0 Å². The number of aromatic nitrogens is 2. The Bertz CT molecular complexity index is 693. The molecule has 3 aromatic rings. The van der Waals surface area contributed by atoms with E-state index >= 15 is 0 Å². The van der Waals surface area contributed by atoms with Crippen molar-refractivity contribution >= 4 is 0 Å². The molecule has 3 rings (SSSR count). The fraction of sp³-hybridized carbons (Fsp3) is 0. The van der Waals surface area contributed by atoms with Crippen LogP contribution in [0.1, 0.15) is 0 Å². The quantitative estimate of drug-likeness (QED) is 0.543. The van der Waals surface area contributed by atoms with Crippen LogP contribution >= 0.6 is 0 Å². The molecule has 0 saturated carbocycles. The number of pyridine rings is 2. The van der Waals surface area contributed by atoms with Gasteiger partial charge in [-0.25, -0.2) is 0 Å². The summed E-state index contributed by atoms with van der Waals surface area (Å²) in [6.07, 6.45) is 3.85. The Kier molecular flexibility index (Phi) is 2.94. The molecule has 1 aromatic carbocycles. The average Bonchev–Trinajstić information content (AvgIpc) is 2.49. The van der Waals surface area contributed by atoms with Gasteiger partial charge in [-0.3, -0.25) is 0 Å². The van der Waals surface area contributed by atoms with Crippen molar-refractivity contribution in [3.05, 3.63) is 79.1 Å². The second-order valence-corrected chi connectivity index (χ2v) is 4.29. The van der Waals surface area contributed by atoms with Crippen molar-refractivity contribution in [1.29, 1.82) is 0 Å². The van der Waals surface area contributed by atoms with Crippen molar-refractivity contribution in [3.63, 3.8) is 0 Å². The predicted octanol–water partition coefficient (Wildman–Crippen LogP) is 1.63. The third-order valence-corrected chi connectivity index (χ3v) is 3.04. The average molecular weight is 249 g/mol. The maximum absolute atomic E-state index is 6.00. The van der Waals surface area contributed by atoms with Gasteiger partial charge in [0.1, 0.15) is 0 Å². The minimum absolute atomic E-state index is 0.918. The minimum atomic E-state index is 0.918. The SMILES string of the molecule is N[n+]1ccccc1-[n+]1ccccc1-c1ccccc1. The number of nitrogen functional groups attached to an aromatic ring is 1. The van der Waals surface area contributed by atoms with Crippen LogP contribution in [0.25, 0.3) is 17.1 Å². The number of hydrogen-bond acceptors (Lipinski definition) is 1. The van der Waals surface area contributed by atoms with Crippen LogP contribution in [-0.2, 0) is 0 Å². The second kappa shape index (κ2) is 4.90. The predicted molar refractivity (Wildman–Crippen MR) is 73.8 cm³/mol. The number of nitrogens with two attached hydrogens (primary N) is 1. The molecule has 0 bridgehead atoms. The Hall–Kier alpha value is -2.68. The van der Waals surface area contributed by atoms with E-state index in [9.17, 15) is 0 Å². The molecule has 0 radical (unpaired) electrons. The molecule has 3 nitrogen and oxygen atoms in total. The molecule has 19 heavy (non-hydrogen) atoms. The van der Waals surface area contributed by atoms with Gasteiger partial charge in [0.05, 0.1) is 6.07 Å². The molecule has 0 fully saturated rings. The first-order valence-electron chi connectivity index (χ1n) is 6.18. The molecule has 0 unspecified atom stereocenters. The molecule has 0 atom stereocenters. The highest BCUT2D eigenvalue weighted by atomic mass is 15.3. The highest BCUT2D eigenvalue weighted by Gasteiger charge is 2.22. The number of nitrogens with zero attached hydrogens (tertiary/aromatic N) is 2. The first kappa shape index (κ1) is 11.4. The summed E-state index contributed by atoms with van der Waals surface area (Å²) in [7, 11) is 0. The van der Waals surface area contributed by atoms with E-state index in [-0.39, 0.29) is 0 Å². The summed E-state index contributed by atoms with van der Waals surface area (Å²) in [5, 5.41) is 0. The third-order valence-electron chi connectivity index (χ3n) is 3.04. The number of benzene rings is 1. The number of hydrogen-bond donors (Lipinski definition) is 1. The lowest BCUT2D eigenvalue weighted by Gasteiger charge is -2.00. The van der Waals surface area contributed by atoms with Gasteiger partial charge in [0, 0.05) is 23.8 Å². The largest absolute Gasteiger partial charge is 0.477 e. The van der Waals surface area contributed by atoms with Crippen LogP contribution < -0.4 is 15.1 Å². The summed E-state index contributed by atoms with van der Waals surface area (Å²) < 4.78 is 3.70. The molecular weight excluding hydrogens is 234 g/mol. The molecule has 2 aromatic heterocycles. The van der Waals surface area contributed by atoms with E-state index in [1.54, 1.807) is 4.68 Å². The van der Waals surface area contributed by atoms with E-state index in [1.807, 2.05) is 60.9 Å². The molecule has 2 heterocycles. The number of rotatable bonds is 2. The first-order chi connectivity index (χ1) is 9.36. The van der Waals surface area contributed by atoms with Crippen LogP contribution in [0.2, 0.25) is 0 Å². The topological polar surface area (TPSA) is 33.8 Å². The summed E-state index contributed by atoms with van der Waals surface area (Å²) in [6, 6.07) is 22.3. The van der Waals surface area contributed by atoms with Gasteiger partial charge >= 0.3 is 5.82 Å². The summed E-state index contributed by atoms with van der Waals surface area (Å²) in [4.78, 5) is 0. The fourth-order valence-corrected chi connectivity index (χ4v) is 2.14. The monoisotopic (exact) mass is 249 g/mol. The van der Waals surface area contributed by atoms with Crippen molar-refractivity contribution in [2.24, 2.45) is 0 Å². The normalized spacial score (nSPS) is 10.3. The summed E-state index contributed by atoms with van der Waals surface area (Å²) in [5.41, 5.74) is 2.26. The summed E-state index contributed by atoms with van der Waals surface area (Å²) in [6.45, 7) is 0. The van der Waals surface area contributed by atoms with Crippen molar-refractivity contribution in [3.8, 4) is 17.1 Å². The van der Waals surface area contributed by atoms with Crippen LogP contribution in [0, 0.1) is 0 Å². The van der Waals surface area contributed by atoms with Crippen LogP contribution in [0.5, 0.6) is 0 Å². The summed E-state index contributed by atoms with van der Waals surface area (Å²) in [5.74, 6) is 6.91. The lowest BCUT2D eigenvalue weighted by atomic mass is 10.1. The lowest BCUT2D eigenvalue weighted by molar-refractivity contribution is -0.756. The van der Waals surface area contributed by atoms with Gasteiger partial charge in [-0.15, -0.1) is 4.57 Å². The maximum Gasteiger partial charge on any atom is 0.477 e. The van der Waals surface area contributed by atoms with E-state index < -0.39 is 0 Å². The van der Waals surface area contributed by atoms with E-state index in [0.29, 0.717) is 0 Å². The zero-order valence-corrected chi connectivity index (χ0v) is 10.5. The molecule has 0 aliphatic heterocycles. The molecule has 0 aliphatic rings. The Labute approximate surface area is 112 Å². The van der Waals surface area contributed by atoms with Crippen molar-refractivity contribution < 1.29 is 9.24 Å². The van der Waals surface area contributed by atoms with Gasteiger partial charge < -0.3 is 0 Å². The van der Waals surface area contributed by atoms with Crippen LogP contribution in [0.15, 0.2) is 79.1 Å². The molecule has 2 N–H and O–H groups in total. The van der Waals surface area contributed by atoms with E-state index in [1.165, 1.54) is 0 Å². The fourth-order valence-electron chi connectivity index (χ4n) is 2.14. The Morgan fingerprint density at radius 2 is 1.37 bits per heavy atom. The molecular formula is C16H15N3+2. The molecule has 92 valence electrons. The Balaban J connectivity index is 2.21. The van der Waals surface area contributed by atoms with Gasteiger partial charge in [0.15, 0.2) is 6.20 Å². The molecule has 3 heteroatoms. The Morgan fingerprint density at radius 1 is 0.684 bits per heavy atom. The van der Waals surface area contributed by atoms with E-state index in [4.69, 9.17) is 5.84 Å². The smallest absolute Gasteiger partial charge is 0.200 e. The van der Waals surface area contributed by atoms with E-state index in [2.05, 4.69) is 22.8 Å². The molecule has 0 saturated heterocycles. The second-order valence-electron chi connectivity index (χ2n) is 4.29. The van der Waals surface area contributed by atoms with Gasteiger partial charge in [0.2, 0.25) is 11.9 Å². The van der Waals surface area contributed by atoms with Gasteiger partial charge in [-0.2, -0.15) is 5.84 Å². The molecule has 0 aliphatic carbocycles. The van der Waals surface area contributed by atoms with Crippen molar-refractivity contribution in [1.82, 2.24) is 0 Å². The van der Waals surface area contributed by atoms with Crippen LogP contribution in [0.4, 0.5) is 0 Å². The maximum atomic E-state index is 6.00. The summed E-state index contributed by atoms with van der Waals surface area (Å²) >= 11 is 0. The zero-order valence-electron chi connectivity index (χ0n) is 10.5. The van der Waals surface area contributed by atoms with Crippen LogP contribution in [0.3, 0.4) is 0 Å². The Morgan fingerprint density at radius 3 is 2.16 bits per heavy atom. The molecule has 0 spiro atoms. The van der Waals surface area contributed by atoms with Crippen molar-refractivity contribution in [2.45, 2.75) is 0 Å². The van der Waals surface area contributed by atoms with E-state index in [0.717, 1.165) is 17.1 Å². The molecule has 0 amide bonds.